The van der Waals surface area contributed by atoms with Crippen LogP contribution in [0.2, 0.25) is 0 Å². The van der Waals surface area contributed by atoms with Crippen LogP contribution in [0, 0.1) is 0 Å². The quantitative estimate of drug-likeness (QED) is 0.796. The van der Waals surface area contributed by atoms with Gasteiger partial charge < -0.3 is 9.84 Å². The molecule has 0 aliphatic rings. The van der Waals surface area contributed by atoms with Crippen molar-refractivity contribution in [2.45, 2.75) is 6.61 Å². The predicted molar refractivity (Wildman–Crippen MR) is 77.4 cm³/mol. The van der Waals surface area contributed by atoms with Crippen LogP contribution in [0.15, 0.2) is 48.7 Å². The standard InChI is InChI=1S/C15H11NO3S/c17-15(18)13-7-6-11(20-13)9-19-12-5-1-3-10-4-2-8-16-14(10)12/h1-8H,9H2,(H,17,18). The molecule has 3 aromatic rings. The number of fused-ring (bicyclic) bond motifs is 1. The van der Waals surface area contributed by atoms with Gasteiger partial charge in [-0.25, -0.2) is 4.79 Å². The van der Waals surface area contributed by atoms with Gasteiger partial charge in [0.05, 0.1) is 0 Å². The average molecular weight is 285 g/mol. The summed E-state index contributed by atoms with van der Waals surface area (Å²) in [5.41, 5.74) is 0.810. The first-order valence-electron chi connectivity index (χ1n) is 6.02. The fraction of sp³-hybridized carbons (Fsp3) is 0.0667. The number of thiophene rings is 1. The van der Waals surface area contributed by atoms with Crippen LogP contribution in [-0.2, 0) is 6.61 Å². The molecule has 0 atom stereocenters. The van der Waals surface area contributed by atoms with Gasteiger partial charge in [0.2, 0.25) is 0 Å². The lowest BCUT2D eigenvalue weighted by Crippen LogP contribution is -1.94. The van der Waals surface area contributed by atoms with Crippen molar-refractivity contribution in [2.75, 3.05) is 0 Å². The van der Waals surface area contributed by atoms with Gasteiger partial charge in [0.15, 0.2) is 0 Å². The van der Waals surface area contributed by atoms with Crippen molar-refractivity contribution < 1.29 is 14.6 Å². The summed E-state index contributed by atoms with van der Waals surface area (Å²) in [5, 5.41) is 9.90. The Kier molecular flexibility index (Phi) is 3.35. The maximum absolute atomic E-state index is 10.8. The second kappa shape index (κ2) is 5.30. The first-order valence-corrected chi connectivity index (χ1v) is 6.84. The highest BCUT2D eigenvalue weighted by molar-refractivity contribution is 7.13. The van der Waals surface area contributed by atoms with Crippen LogP contribution in [-0.4, -0.2) is 16.1 Å². The van der Waals surface area contributed by atoms with Crippen molar-refractivity contribution in [2.24, 2.45) is 0 Å². The first kappa shape index (κ1) is 12.6. The molecule has 4 nitrogen and oxygen atoms in total. The molecule has 0 aliphatic heterocycles. The third-order valence-corrected chi connectivity index (χ3v) is 3.88. The normalized spacial score (nSPS) is 10.6. The van der Waals surface area contributed by atoms with Gasteiger partial charge in [-0.15, -0.1) is 11.3 Å². The van der Waals surface area contributed by atoms with E-state index >= 15 is 0 Å². The van der Waals surface area contributed by atoms with Crippen LogP contribution in [0.1, 0.15) is 14.5 Å². The molecule has 5 heteroatoms. The topological polar surface area (TPSA) is 59.4 Å². The minimum absolute atomic E-state index is 0.319. The number of nitrogens with zero attached hydrogens (tertiary/aromatic N) is 1. The summed E-state index contributed by atoms with van der Waals surface area (Å²) < 4.78 is 5.75. The summed E-state index contributed by atoms with van der Waals surface area (Å²) in [6, 6.07) is 13.0. The van der Waals surface area contributed by atoms with Crippen molar-refractivity contribution in [3.8, 4) is 5.75 Å². The van der Waals surface area contributed by atoms with E-state index in [1.807, 2.05) is 30.3 Å². The van der Waals surface area contributed by atoms with E-state index in [-0.39, 0.29) is 0 Å². The Balaban J connectivity index is 1.81. The molecule has 0 saturated carbocycles. The smallest absolute Gasteiger partial charge is 0.345 e. The number of hydrogen-bond donors (Lipinski definition) is 1. The molecule has 3 rings (SSSR count). The van der Waals surface area contributed by atoms with E-state index in [1.165, 1.54) is 11.3 Å². The number of carboxylic acid groups (broad SMARTS) is 1. The molecule has 0 radical (unpaired) electrons. The van der Waals surface area contributed by atoms with E-state index in [0.717, 1.165) is 15.8 Å². The lowest BCUT2D eigenvalue weighted by molar-refractivity contribution is 0.0702. The van der Waals surface area contributed by atoms with Crippen molar-refractivity contribution in [3.05, 3.63) is 58.4 Å². The number of benzene rings is 1. The Bertz CT molecular complexity index is 761. The van der Waals surface area contributed by atoms with Crippen molar-refractivity contribution >= 4 is 28.2 Å². The summed E-state index contributed by atoms with van der Waals surface area (Å²) in [7, 11) is 0. The zero-order valence-corrected chi connectivity index (χ0v) is 11.3. The lowest BCUT2D eigenvalue weighted by Gasteiger charge is -2.07. The summed E-state index contributed by atoms with van der Waals surface area (Å²) in [5.74, 6) is -0.207. The molecule has 0 spiro atoms. The molecular formula is C15H11NO3S. The predicted octanol–water partition coefficient (Wildman–Crippen LogP) is 3.57. The molecule has 0 aliphatic carbocycles. The van der Waals surface area contributed by atoms with Gasteiger partial charge in [0.1, 0.15) is 22.8 Å². The Morgan fingerprint density at radius 1 is 1.20 bits per heavy atom. The van der Waals surface area contributed by atoms with Gasteiger partial charge in [-0.3, -0.25) is 4.98 Å². The number of pyridine rings is 1. The van der Waals surface area contributed by atoms with Crippen molar-refractivity contribution in [3.63, 3.8) is 0 Å². The van der Waals surface area contributed by atoms with Crippen LogP contribution >= 0.6 is 11.3 Å². The maximum atomic E-state index is 10.8. The number of aromatic carboxylic acids is 1. The molecule has 100 valence electrons. The second-order valence-electron chi connectivity index (χ2n) is 4.19. The molecule has 0 bridgehead atoms. The molecule has 0 fully saturated rings. The maximum Gasteiger partial charge on any atom is 0.345 e. The fourth-order valence-corrected chi connectivity index (χ4v) is 2.67. The zero-order valence-electron chi connectivity index (χ0n) is 10.4. The molecule has 2 aromatic heterocycles. The van der Waals surface area contributed by atoms with E-state index in [0.29, 0.717) is 17.2 Å². The number of rotatable bonds is 4. The highest BCUT2D eigenvalue weighted by atomic mass is 32.1. The van der Waals surface area contributed by atoms with Crippen LogP contribution in [0.4, 0.5) is 0 Å². The number of hydrogen-bond acceptors (Lipinski definition) is 4. The molecule has 1 aromatic carbocycles. The van der Waals surface area contributed by atoms with E-state index in [2.05, 4.69) is 4.98 Å². The molecule has 20 heavy (non-hydrogen) atoms. The van der Waals surface area contributed by atoms with Gasteiger partial charge in [-0.2, -0.15) is 0 Å². The number of para-hydroxylation sites is 1. The second-order valence-corrected chi connectivity index (χ2v) is 5.36. The Morgan fingerprint density at radius 3 is 2.85 bits per heavy atom. The first-order chi connectivity index (χ1) is 9.74. The van der Waals surface area contributed by atoms with Crippen LogP contribution in [0.5, 0.6) is 5.75 Å². The van der Waals surface area contributed by atoms with Crippen molar-refractivity contribution in [1.82, 2.24) is 4.98 Å². The Labute approximate surface area is 119 Å². The minimum atomic E-state index is -0.909. The number of aromatic nitrogens is 1. The van der Waals surface area contributed by atoms with Gasteiger partial charge in [0, 0.05) is 16.5 Å². The highest BCUT2D eigenvalue weighted by Crippen LogP contribution is 2.25. The van der Waals surface area contributed by atoms with Crippen LogP contribution in [0.25, 0.3) is 10.9 Å². The molecule has 0 amide bonds. The SMILES string of the molecule is O=C(O)c1ccc(COc2cccc3cccnc23)s1. The number of carbonyl (C=O) groups is 1. The minimum Gasteiger partial charge on any atom is -0.486 e. The van der Waals surface area contributed by atoms with Crippen LogP contribution in [0.3, 0.4) is 0 Å². The van der Waals surface area contributed by atoms with E-state index in [4.69, 9.17) is 9.84 Å². The lowest BCUT2D eigenvalue weighted by atomic mass is 10.2. The van der Waals surface area contributed by atoms with E-state index in [9.17, 15) is 4.79 Å². The van der Waals surface area contributed by atoms with Gasteiger partial charge in [0.25, 0.3) is 0 Å². The highest BCUT2D eigenvalue weighted by Gasteiger charge is 2.08. The van der Waals surface area contributed by atoms with E-state index in [1.54, 1.807) is 18.3 Å². The summed E-state index contributed by atoms with van der Waals surface area (Å²) in [6.07, 6.45) is 1.73. The molecule has 1 N–H and O–H groups in total. The fourth-order valence-electron chi connectivity index (χ4n) is 1.91. The monoisotopic (exact) mass is 285 g/mol. The zero-order chi connectivity index (χ0) is 13.9. The number of carboxylic acids is 1. The third-order valence-electron chi connectivity index (χ3n) is 2.84. The summed E-state index contributed by atoms with van der Waals surface area (Å²) in [6.45, 7) is 0.341. The molecular weight excluding hydrogens is 274 g/mol. The molecule has 2 heterocycles. The Hall–Kier alpha value is -2.40. The Morgan fingerprint density at radius 2 is 2.05 bits per heavy atom. The molecule has 0 unspecified atom stereocenters. The third kappa shape index (κ3) is 2.48. The van der Waals surface area contributed by atoms with Gasteiger partial charge in [-0.1, -0.05) is 18.2 Å². The van der Waals surface area contributed by atoms with E-state index < -0.39 is 5.97 Å². The van der Waals surface area contributed by atoms with Crippen molar-refractivity contribution in [1.29, 1.82) is 0 Å². The van der Waals surface area contributed by atoms with Gasteiger partial charge in [-0.05, 0) is 24.3 Å². The van der Waals surface area contributed by atoms with Crippen LogP contribution < -0.4 is 4.74 Å². The summed E-state index contributed by atoms with van der Waals surface area (Å²) >= 11 is 1.22. The van der Waals surface area contributed by atoms with Gasteiger partial charge >= 0.3 is 5.97 Å². The largest absolute Gasteiger partial charge is 0.486 e. The summed E-state index contributed by atoms with van der Waals surface area (Å²) in [4.78, 5) is 16.3. The number of ether oxygens (including phenoxy) is 1. The molecule has 0 saturated heterocycles. The average Bonchev–Trinajstić information content (AvgIpc) is 2.94.